The van der Waals surface area contributed by atoms with Gasteiger partial charge in [0.2, 0.25) is 0 Å². The monoisotopic (exact) mass is 499 g/mol. The summed E-state index contributed by atoms with van der Waals surface area (Å²) in [5.74, 6) is 2.07. The van der Waals surface area contributed by atoms with Gasteiger partial charge in [-0.15, -0.1) is 0 Å². The molecule has 4 N–H and O–H groups in total. The third-order valence-corrected chi connectivity index (χ3v) is 14.1. The zero-order chi connectivity index (χ0) is 26.5. The lowest BCUT2D eigenvalue weighted by Crippen LogP contribution is -2.68. The molecule has 2 amide bonds. The van der Waals surface area contributed by atoms with Crippen molar-refractivity contribution in [3.8, 4) is 0 Å². The first-order valence-electron chi connectivity index (χ1n) is 14.8. The van der Waals surface area contributed by atoms with Crippen LogP contribution >= 0.6 is 0 Å². The molecule has 204 valence electrons. The molecule has 0 bridgehead atoms. The van der Waals surface area contributed by atoms with E-state index in [1.165, 1.54) is 57.8 Å². The number of hydrogen-bond acceptors (Lipinski definition) is 3. The molecule has 0 aliphatic heterocycles. The van der Waals surface area contributed by atoms with E-state index >= 15 is 0 Å². The van der Waals surface area contributed by atoms with Crippen LogP contribution in [0.4, 0.5) is 4.79 Å². The molecule has 0 aromatic heterocycles. The van der Waals surface area contributed by atoms with Crippen molar-refractivity contribution in [2.75, 3.05) is 0 Å². The van der Waals surface area contributed by atoms with Crippen LogP contribution in [0.2, 0.25) is 0 Å². The molecule has 5 saturated carbocycles. The summed E-state index contributed by atoms with van der Waals surface area (Å²) >= 11 is 0. The maximum Gasteiger partial charge on any atom is 0.332 e. The van der Waals surface area contributed by atoms with Gasteiger partial charge in [0.25, 0.3) is 0 Å². The Bertz CT molecular complexity index is 961. The fraction of sp³-hybridized carbons (Fsp3) is 0.935. The van der Waals surface area contributed by atoms with Gasteiger partial charge >= 0.3 is 6.03 Å². The molecule has 0 heterocycles. The van der Waals surface area contributed by atoms with Crippen molar-refractivity contribution in [1.29, 1.82) is 0 Å². The lowest BCUT2D eigenvalue weighted by atomic mass is 9.30. The van der Waals surface area contributed by atoms with Gasteiger partial charge in [-0.2, -0.15) is 5.10 Å². The van der Waals surface area contributed by atoms with Crippen LogP contribution in [0, 0.1) is 56.2 Å². The Balaban J connectivity index is 1.51. The summed E-state index contributed by atoms with van der Waals surface area (Å²) in [6, 6.07) is -0.667. The molecule has 10 atom stereocenters. The third kappa shape index (κ3) is 3.42. The predicted molar refractivity (Wildman–Crippen MR) is 146 cm³/mol. The van der Waals surface area contributed by atoms with Gasteiger partial charge in [-0.05, 0) is 114 Å². The predicted octanol–water partition coefficient (Wildman–Crippen LogP) is 6.88. The number of nitrogens with one attached hydrogen (secondary N) is 1. The minimum Gasteiger partial charge on any atom is -0.387 e. The lowest BCUT2D eigenvalue weighted by molar-refractivity contribution is -0.256. The van der Waals surface area contributed by atoms with Gasteiger partial charge in [0, 0.05) is 5.92 Å². The molecule has 0 unspecified atom stereocenters. The zero-order valence-corrected chi connectivity index (χ0v) is 24.3. The van der Waals surface area contributed by atoms with Crippen molar-refractivity contribution in [3.05, 3.63) is 0 Å². The molecule has 0 spiro atoms. The quantitative estimate of drug-likeness (QED) is 0.343. The molecular formula is C31H53N3O2. The summed E-state index contributed by atoms with van der Waals surface area (Å²) < 4.78 is 0. The second kappa shape index (κ2) is 7.96. The number of urea groups is 1. The van der Waals surface area contributed by atoms with Crippen LogP contribution in [0.1, 0.15) is 120 Å². The smallest absolute Gasteiger partial charge is 0.332 e. The van der Waals surface area contributed by atoms with E-state index < -0.39 is 12.1 Å². The highest BCUT2D eigenvalue weighted by molar-refractivity contribution is 5.92. The van der Waals surface area contributed by atoms with Crippen LogP contribution in [0.15, 0.2) is 5.10 Å². The first-order valence-corrected chi connectivity index (χ1v) is 14.8. The number of carbonyl (C=O) groups is 1. The Morgan fingerprint density at radius 1 is 0.861 bits per heavy atom. The number of rotatable bonds is 1. The fourth-order valence-corrected chi connectivity index (χ4v) is 11.5. The second-order valence-corrected chi connectivity index (χ2v) is 16.1. The number of aliphatic hydroxyl groups excluding tert-OH is 1. The van der Waals surface area contributed by atoms with Crippen molar-refractivity contribution in [3.63, 3.8) is 0 Å². The van der Waals surface area contributed by atoms with Crippen molar-refractivity contribution in [1.82, 2.24) is 5.43 Å². The SMILES string of the molecule is C[C@H]1/C(=N\NC(N)=O)[C@H](O)C[C@@H]2[C@]1(C)CC[C@@H]1[C@]2(C)CC[C@@]2(C)[C@H]3CC(C)(C)CC[C@]3(C)CC[C@]12C. The van der Waals surface area contributed by atoms with Gasteiger partial charge in [-0.3, -0.25) is 0 Å². The summed E-state index contributed by atoms with van der Waals surface area (Å²) in [4.78, 5) is 11.3. The maximum atomic E-state index is 11.3. The summed E-state index contributed by atoms with van der Waals surface area (Å²) in [7, 11) is 0. The molecule has 5 fully saturated rings. The first-order chi connectivity index (χ1) is 16.5. The van der Waals surface area contributed by atoms with Crippen LogP contribution in [-0.2, 0) is 0 Å². The van der Waals surface area contributed by atoms with Gasteiger partial charge in [0.1, 0.15) is 0 Å². The van der Waals surface area contributed by atoms with Crippen LogP contribution < -0.4 is 11.2 Å². The minimum atomic E-state index is -0.667. The van der Waals surface area contributed by atoms with E-state index in [0.29, 0.717) is 39.2 Å². The van der Waals surface area contributed by atoms with Crippen LogP contribution in [0.3, 0.4) is 0 Å². The van der Waals surface area contributed by atoms with Gasteiger partial charge in [-0.1, -0.05) is 55.4 Å². The number of carbonyl (C=O) groups excluding carboxylic acids is 1. The Morgan fingerprint density at radius 2 is 1.47 bits per heavy atom. The normalized spacial score (nSPS) is 55.0. The number of primary amides is 1. The Labute approximate surface area is 219 Å². The molecule has 5 aliphatic carbocycles. The Hall–Kier alpha value is -1.10. The number of hydrogen-bond donors (Lipinski definition) is 3. The third-order valence-electron chi connectivity index (χ3n) is 14.1. The summed E-state index contributed by atoms with van der Waals surface area (Å²) in [5.41, 5.74) is 10.4. The Morgan fingerprint density at radius 3 is 2.14 bits per heavy atom. The average Bonchev–Trinajstić information content (AvgIpc) is 2.78. The highest BCUT2D eigenvalue weighted by Gasteiger charge is 2.71. The average molecular weight is 500 g/mol. The van der Waals surface area contributed by atoms with Crippen molar-refractivity contribution in [2.24, 2.45) is 67.0 Å². The maximum absolute atomic E-state index is 11.3. The fourth-order valence-electron chi connectivity index (χ4n) is 11.5. The molecule has 5 heteroatoms. The van der Waals surface area contributed by atoms with Gasteiger partial charge in [0.15, 0.2) is 0 Å². The van der Waals surface area contributed by atoms with Gasteiger partial charge < -0.3 is 10.8 Å². The van der Waals surface area contributed by atoms with E-state index in [-0.39, 0.29) is 16.7 Å². The van der Waals surface area contributed by atoms with E-state index in [1.807, 2.05) is 0 Å². The molecular weight excluding hydrogens is 446 g/mol. The standard InChI is InChI=1S/C31H53N3O2/c1-19-24(33-34-25(32)36)20(35)17-22-28(19,5)10-9-21-29(22,6)14-16-31(8)23-18-26(2,3)11-12-27(23,4)13-15-30(21,31)7/h19-23,35H,9-18H2,1-8H3,(H3,32,34,36)/b33-24+/t19-,20+,21+,22+,23-,27+,28+,29-,30+,31-/m0/s1. The number of nitrogens with zero attached hydrogens (tertiary/aromatic N) is 1. The van der Waals surface area contributed by atoms with E-state index in [4.69, 9.17) is 5.73 Å². The molecule has 0 saturated heterocycles. The summed E-state index contributed by atoms with van der Waals surface area (Å²) in [6.07, 6.45) is 12.0. The van der Waals surface area contributed by atoms with Crippen molar-refractivity contribution in [2.45, 2.75) is 126 Å². The first kappa shape index (κ1) is 26.5. The van der Waals surface area contributed by atoms with Gasteiger partial charge in [-0.25, -0.2) is 10.2 Å². The number of hydrazone groups is 1. The number of aliphatic hydroxyl groups is 1. The van der Waals surface area contributed by atoms with E-state index in [9.17, 15) is 9.90 Å². The van der Waals surface area contributed by atoms with Crippen LogP contribution in [0.5, 0.6) is 0 Å². The molecule has 0 aromatic rings. The molecule has 0 aromatic carbocycles. The van der Waals surface area contributed by atoms with E-state index in [2.05, 4.69) is 65.9 Å². The van der Waals surface area contributed by atoms with Crippen LogP contribution in [0.25, 0.3) is 0 Å². The highest BCUT2D eigenvalue weighted by atomic mass is 16.3. The van der Waals surface area contributed by atoms with E-state index in [0.717, 1.165) is 12.3 Å². The number of amides is 2. The van der Waals surface area contributed by atoms with Crippen LogP contribution in [-0.4, -0.2) is 23.0 Å². The molecule has 0 radical (unpaired) electrons. The van der Waals surface area contributed by atoms with Gasteiger partial charge in [0.05, 0.1) is 11.8 Å². The molecule has 5 rings (SSSR count). The summed E-state index contributed by atoms with van der Waals surface area (Å²) in [6.45, 7) is 20.3. The minimum absolute atomic E-state index is 0.0722. The largest absolute Gasteiger partial charge is 0.387 e. The molecule has 5 aliphatic rings. The second-order valence-electron chi connectivity index (χ2n) is 16.1. The molecule has 36 heavy (non-hydrogen) atoms. The Kier molecular flexibility index (Phi) is 5.86. The molecule has 5 nitrogen and oxygen atoms in total. The number of fused-ring (bicyclic) bond motifs is 7. The van der Waals surface area contributed by atoms with Crippen molar-refractivity contribution < 1.29 is 9.90 Å². The highest BCUT2D eigenvalue weighted by Crippen LogP contribution is 2.78. The van der Waals surface area contributed by atoms with Crippen molar-refractivity contribution >= 4 is 11.7 Å². The number of nitrogens with two attached hydrogens (primary N) is 1. The lowest BCUT2D eigenvalue weighted by Gasteiger charge is -2.75. The summed E-state index contributed by atoms with van der Waals surface area (Å²) in [5, 5.41) is 15.6. The zero-order valence-electron chi connectivity index (χ0n) is 24.3. The van der Waals surface area contributed by atoms with E-state index in [1.54, 1.807) is 0 Å². The topological polar surface area (TPSA) is 87.7 Å².